The lowest BCUT2D eigenvalue weighted by molar-refractivity contribution is 0.371. The quantitative estimate of drug-likeness (QED) is 0.797. The van der Waals surface area contributed by atoms with Gasteiger partial charge in [-0.2, -0.15) is 10.5 Å². The average molecular weight is 239 g/mol. The van der Waals surface area contributed by atoms with Crippen molar-refractivity contribution >= 4 is 5.69 Å². The molecule has 2 rings (SSSR count). The minimum Gasteiger partial charge on any atom is -0.365 e. The molecule has 0 amide bonds. The minimum absolute atomic E-state index is 0.0668. The molecule has 0 spiro atoms. The maximum atomic E-state index is 9.19. The zero-order valence-corrected chi connectivity index (χ0v) is 10.8. The van der Waals surface area contributed by atoms with Crippen molar-refractivity contribution in [2.45, 2.75) is 32.2 Å². The lowest BCUT2D eigenvalue weighted by Crippen LogP contribution is -2.42. The van der Waals surface area contributed by atoms with E-state index in [4.69, 9.17) is 5.26 Å². The van der Waals surface area contributed by atoms with Gasteiger partial charge in [0.2, 0.25) is 0 Å². The summed E-state index contributed by atoms with van der Waals surface area (Å²) in [4.78, 5) is 2.27. The van der Waals surface area contributed by atoms with E-state index >= 15 is 0 Å². The third kappa shape index (κ3) is 1.93. The normalized spacial score (nSPS) is 21.3. The molecule has 1 aliphatic heterocycles. The molecule has 1 aromatic rings. The zero-order chi connectivity index (χ0) is 13.2. The Morgan fingerprint density at radius 2 is 2.06 bits per heavy atom. The lowest BCUT2D eigenvalue weighted by atomic mass is 9.86. The van der Waals surface area contributed by atoms with E-state index in [0.717, 1.165) is 18.7 Å². The molecular weight excluding hydrogens is 222 g/mol. The number of hydrogen-bond acceptors (Lipinski definition) is 3. The van der Waals surface area contributed by atoms with Crippen molar-refractivity contribution < 1.29 is 0 Å². The number of nitriles is 2. The van der Waals surface area contributed by atoms with E-state index in [-0.39, 0.29) is 5.54 Å². The van der Waals surface area contributed by atoms with Crippen LogP contribution in [0.15, 0.2) is 24.3 Å². The first kappa shape index (κ1) is 12.5. The van der Waals surface area contributed by atoms with Crippen molar-refractivity contribution in [2.24, 2.45) is 5.92 Å². The molecule has 1 atom stereocenters. The predicted octanol–water partition coefficient (Wildman–Crippen LogP) is 3.08. The number of rotatable bonds is 2. The summed E-state index contributed by atoms with van der Waals surface area (Å²) in [7, 11) is 0. The van der Waals surface area contributed by atoms with Crippen LogP contribution in [0.25, 0.3) is 0 Å². The van der Waals surface area contributed by atoms with E-state index in [1.165, 1.54) is 0 Å². The maximum absolute atomic E-state index is 9.19. The van der Waals surface area contributed by atoms with Crippen LogP contribution < -0.4 is 4.90 Å². The zero-order valence-electron chi connectivity index (χ0n) is 10.8. The van der Waals surface area contributed by atoms with Crippen LogP contribution in [0, 0.1) is 28.6 Å². The molecule has 0 aliphatic carbocycles. The highest BCUT2D eigenvalue weighted by atomic mass is 15.2. The highest BCUT2D eigenvalue weighted by Crippen LogP contribution is 2.40. The summed E-state index contributed by atoms with van der Waals surface area (Å²) in [5, 5.41) is 18.1. The summed E-state index contributed by atoms with van der Waals surface area (Å²) in [6.07, 6.45) is 1.60. The molecule has 0 saturated carbocycles. The fourth-order valence-corrected chi connectivity index (χ4v) is 2.84. The Morgan fingerprint density at radius 1 is 1.33 bits per heavy atom. The van der Waals surface area contributed by atoms with E-state index in [1.54, 1.807) is 0 Å². The van der Waals surface area contributed by atoms with Gasteiger partial charge in [0, 0.05) is 18.5 Å². The van der Waals surface area contributed by atoms with Crippen molar-refractivity contribution in [1.82, 2.24) is 0 Å². The molecule has 0 aromatic heterocycles. The first-order valence-corrected chi connectivity index (χ1v) is 6.25. The van der Waals surface area contributed by atoms with Crippen LogP contribution in [0.3, 0.4) is 0 Å². The van der Waals surface area contributed by atoms with Gasteiger partial charge in [0.15, 0.2) is 0 Å². The highest BCUT2D eigenvalue weighted by Gasteiger charge is 2.41. The monoisotopic (exact) mass is 239 g/mol. The molecule has 3 nitrogen and oxygen atoms in total. The van der Waals surface area contributed by atoms with Crippen molar-refractivity contribution in [3.8, 4) is 12.1 Å². The van der Waals surface area contributed by atoms with Gasteiger partial charge in [-0.25, -0.2) is 0 Å². The van der Waals surface area contributed by atoms with Gasteiger partial charge in [-0.3, -0.25) is 0 Å². The molecule has 1 aliphatic rings. The molecule has 1 fully saturated rings. The van der Waals surface area contributed by atoms with Crippen molar-refractivity contribution in [3.05, 3.63) is 29.8 Å². The lowest BCUT2D eigenvalue weighted by Gasteiger charge is -2.37. The van der Waals surface area contributed by atoms with Crippen LogP contribution in [0.4, 0.5) is 5.69 Å². The summed E-state index contributed by atoms with van der Waals surface area (Å²) >= 11 is 0. The molecule has 1 unspecified atom stereocenters. The molecule has 18 heavy (non-hydrogen) atoms. The Labute approximate surface area is 108 Å². The van der Waals surface area contributed by atoms with Crippen LogP contribution in [0.2, 0.25) is 0 Å². The summed E-state index contributed by atoms with van der Waals surface area (Å²) in [5.74, 6) is 0.370. The number of benzene rings is 1. The highest BCUT2D eigenvalue weighted by molar-refractivity contribution is 5.61. The first-order chi connectivity index (χ1) is 8.61. The molecule has 0 bridgehead atoms. The molecule has 92 valence electrons. The predicted molar refractivity (Wildman–Crippen MR) is 70.9 cm³/mol. The minimum atomic E-state index is -0.0668. The largest absolute Gasteiger partial charge is 0.365 e. The van der Waals surface area contributed by atoms with E-state index in [9.17, 15) is 5.26 Å². The number of anilines is 1. The van der Waals surface area contributed by atoms with Gasteiger partial charge in [0.1, 0.15) is 6.07 Å². The Bertz CT molecular complexity index is 519. The Balaban J connectivity index is 2.36. The molecule has 0 N–H and O–H groups in total. The third-order valence-electron chi connectivity index (χ3n) is 4.05. The Kier molecular flexibility index (Phi) is 3.26. The topological polar surface area (TPSA) is 50.8 Å². The molecule has 1 aromatic carbocycles. The SMILES string of the molecule is CC1(C)C(CC#N)CCN1c1ccccc1C#N. The van der Waals surface area contributed by atoms with E-state index in [0.29, 0.717) is 17.9 Å². The molecule has 3 heteroatoms. The summed E-state index contributed by atoms with van der Waals surface area (Å²) in [6.45, 7) is 5.24. The smallest absolute Gasteiger partial charge is 0.101 e. The second-order valence-electron chi connectivity index (χ2n) is 5.28. The van der Waals surface area contributed by atoms with Gasteiger partial charge in [0.25, 0.3) is 0 Å². The van der Waals surface area contributed by atoms with Crippen molar-refractivity contribution in [2.75, 3.05) is 11.4 Å². The second-order valence-corrected chi connectivity index (χ2v) is 5.28. The standard InChI is InChI=1S/C15H17N3/c1-15(2)13(7-9-16)8-10-18(15)14-6-4-3-5-12(14)11-17/h3-6,13H,7-8,10H2,1-2H3. The Morgan fingerprint density at radius 3 is 2.72 bits per heavy atom. The van der Waals surface area contributed by atoms with Crippen LogP contribution in [-0.2, 0) is 0 Å². The average Bonchev–Trinajstić information content (AvgIpc) is 2.65. The van der Waals surface area contributed by atoms with Crippen LogP contribution in [0.5, 0.6) is 0 Å². The third-order valence-corrected chi connectivity index (χ3v) is 4.05. The van der Waals surface area contributed by atoms with E-state index < -0.39 is 0 Å². The summed E-state index contributed by atoms with van der Waals surface area (Å²) in [5.41, 5.74) is 1.64. The number of para-hydroxylation sites is 1. The van der Waals surface area contributed by atoms with Crippen LogP contribution >= 0.6 is 0 Å². The first-order valence-electron chi connectivity index (χ1n) is 6.25. The fraction of sp³-hybridized carbons (Fsp3) is 0.467. The molecule has 1 heterocycles. The van der Waals surface area contributed by atoms with Gasteiger partial charge in [-0.05, 0) is 38.3 Å². The van der Waals surface area contributed by atoms with E-state index in [2.05, 4.69) is 30.9 Å². The van der Waals surface area contributed by atoms with Crippen LogP contribution in [-0.4, -0.2) is 12.1 Å². The number of nitrogens with zero attached hydrogens (tertiary/aromatic N) is 3. The van der Waals surface area contributed by atoms with Gasteiger partial charge in [0.05, 0.1) is 17.3 Å². The van der Waals surface area contributed by atoms with Gasteiger partial charge >= 0.3 is 0 Å². The van der Waals surface area contributed by atoms with E-state index in [1.807, 2.05) is 24.3 Å². The maximum Gasteiger partial charge on any atom is 0.101 e. The van der Waals surface area contributed by atoms with Crippen molar-refractivity contribution in [1.29, 1.82) is 10.5 Å². The molecular formula is C15H17N3. The second kappa shape index (κ2) is 4.70. The van der Waals surface area contributed by atoms with Gasteiger partial charge < -0.3 is 4.90 Å². The summed E-state index contributed by atoms with van der Waals surface area (Å²) in [6, 6.07) is 12.2. The van der Waals surface area contributed by atoms with Crippen LogP contribution in [0.1, 0.15) is 32.3 Å². The van der Waals surface area contributed by atoms with Gasteiger partial charge in [-0.1, -0.05) is 12.1 Å². The summed E-state index contributed by atoms with van der Waals surface area (Å²) < 4.78 is 0. The van der Waals surface area contributed by atoms with Gasteiger partial charge in [-0.15, -0.1) is 0 Å². The number of hydrogen-bond donors (Lipinski definition) is 0. The Hall–Kier alpha value is -2.00. The fourth-order valence-electron chi connectivity index (χ4n) is 2.84. The van der Waals surface area contributed by atoms with Crippen molar-refractivity contribution in [3.63, 3.8) is 0 Å². The molecule has 0 radical (unpaired) electrons. The molecule has 1 saturated heterocycles.